The number of hydrogen-bond acceptors (Lipinski definition) is 5. The molecule has 0 aromatic carbocycles. The van der Waals surface area contributed by atoms with Crippen LogP contribution in [0.3, 0.4) is 0 Å². The number of carboxylic acids is 1. The van der Waals surface area contributed by atoms with Crippen molar-refractivity contribution < 1.29 is 19.8 Å². The molecule has 23 heavy (non-hydrogen) atoms. The Kier molecular flexibility index (Phi) is 5.37. The first-order valence-corrected chi connectivity index (χ1v) is 8.93. The summed E-state index contributed by atoms with van der Waals surface area (Å²) in [7, 11) is 0. The fraction of sp³-hybridized carbons (Fsp3) is 0.667. The number of amides is 1. The third kappa shape index (κ3) is 2.88. The first-order valence-electron chi connectivity index (χ1n) is 7.71. The lowest BCUT2D eigenvalue weighted by Gasteiger charge is -2.46. The number of aliphatic hydroxyl groups excluding tert-OH is 1. The summed E-state index contributed by atoms with van der Waals surface area (Å²) in [6, 6.07) is -0.296. The minimum absolute atomic E-state index is 0.0175. The summed E-state index contributed by atoms with van der Waals surface area (Å²) < 4.78 is 0.610. The van der Waals surface area contributed by atoms with Crippen LogP contribution in [0.2, 0.25) is 0 Å². The Balaban J connectivity index is 2.32. The molecule has 2 aliphatic rings. The van der Waals surface area contributed by atoms with E-state index in [0.29, 0.717) is 9.23 Å². The highest BCUT2D eigenvalue weighted by molar-refractivity contribution is 8.25. The molecule has 6 nitrogen and oxygen atoms in total. The number of nitrogens with zero attached hydrogens (tertiary/aromatic N) is 2. The topological polar surface area (TPSA) is 81.1 Å². The van der Waals surface area contributed by atoms with Crippen LogP contribution in [0.1, 0.15) is 27.7 Å². The van der Waals surface area contributed by atoms with Crippen molar-refractivity contribution in [2.45, 2.75) is 39.8 Å². The van der Waals surface area contributed by atoms with Crippen molar-refractivity contribution in [3.8, 4) is 0 Å². The van der Waals surface area contributed by atoms with E-state index in [1.807, 2.05) is 25.7 Å². The predicted octanol–water partition coefficient (Wildman–Crippen LogP) is 1.50. The molecule has 0 aromatic heterocycles. The number of β-lactam (4-membered cyclic amide) rings is 1. The molecule has 0 radical (unpaired) electrons. The normalized spacial score (nSPS) is 27.6. The first kappa shape index (κ1) is 18.2. The van der Waals surface area contributed by atoms with Gasteiger partial charge in [0.2, 0.25) is 5.91 Å². The van der Waals surface area contributed by atoms with Gasteiger partial charge in [-0.05, 0) is 20.8 Å². The van der Waals surface area contributed by atoms with Gasteiger partial charge in [0.15, 0.2) is 0 Å². The summed E-state index contributed by atoms with van der Waals surface area (Å²) in [6.45, 7) is 8.92. The molecule has 0 spiro atoms. The maximum Gasteiger partial charge on any atom is 0.353 e. The average molecular weight is 358 g/mol. The minimum atomic E-state index is -1.12. The van der Waals surface area contributed by atoms with E-state index in [0.717, 1.165) is 13.1 Å². The highest BCUT2D eigenvalue weighted by atomic mass is 32.2. The smallest absolute Gasteiger partial charge is 0.353 e. The van der Waals surface area contributed by atoms with Crippen LogP contribution in [-0.4, -0.2) is 61.4 Å². The molecular formula is C15H22N2O4S2. The van der Waals surface area contributed by atoms with E-state index in [-0.39, 0.29) is 23.6 Å². The summed E-state index contributed by atoms with van der Waals surface area (Å²) in [6.07, 6.45) is -0.791. The monoisotopic (exact) mass is 358 g/mol. The summed E-state index contributed by atoms with van der Waals surface area (Å²) in [5.74, 6) is -2.14. The molecule has 1 fully saturated rings. The van der Waals surface area contributed by atoms with Crippen molar-refractivity contribution in [2.24, 2.45) is 11.8 Å². The van der Waals surface area contributed by atoms with Crippen LogP contribution in [0.4, 0.5) is 0 Å². The molecule has 2 heterocycles. The molecule has 0 bridgehead atoms. The largest absolute Gasteiger partial charge is 0.477 e. The molecule has 128 valence electrons. The van der Waals surface area contributed by atoms with E-state index in [1.54, 1.807) is 6.92 Å². The molecule has 2 N–H and O–H groups in total. The van der Waals surface area contributed by atoms with Gasteiger partial charge in [0.25, 0.3) is 0 Å². The summed E-state index contributed by atoms with van der Waals surface area (Å²) in [4.78, 5) is 27.8. The van der Waals surface area contributed by atoms with Crippen LogP contribution in [0.25, 0.3) is 0 Å². The Morgan fingerprint density at radius 2 is 2.00 bits per heavy atom. The van der Waals surface area contributed by atoms with Gasteiger partial charge in [0.05, 0.1) is 18.1 Å². The van der Waals surface area contributed by atoms with Gasteiger partial charge in [-0.1, -0.05) is 30.9 Å². The van der Waals surface area contributed by atoms with Crippen LogP contribution < -0.4 is 0 Å². The highest BCUT2D eigenvalue weighted by Gasteiger charge is 2.60. The average Bonchev–Trinajstić information content (AvgIpc) is 2.70. The number of carbonyl (C=O) groups is 2. The number of fused-ring (bicyclic) bond motifs is 1. The van der Waals surface area contributed by atoms with Crippen molar-refractivity contribution in [1.29, 1.82) is 0 Å². The van der Waals surface area contributed by atoms with Crippen molar-refractivity contribution in [2.75, 3.05) is 13.1 Å². The number of carboxylic acid groups (broad SMARTS) is 1. The zero-order chi connectivity index (χ0) is 17.5. The van der Waals surface area contributed by atoms with Gasteiger partial charge < -0.3 is 20.0 Å². The first-order chi connectivity index (χ1) is 10.8. The lowest BCUT2D eigenvalue weighted by atomic mass is 9.79. The molecule has 2 rings (SSSR count). The van der Waals surface area contributed by atoms with Crippen LogP contribution in [0.5, 0.6) is 0 Å². The molecule has 1 amide bonds. The SMILES string of the molecule is CCN(CC)C(=S)SC1=C(C(=O)O)N2C(=O)[C@H]([C@@H](C)O)[C@H]2[C@H]1C. The number of thioether (sulfide) groups is 1. The molecule has 4 atom stereocenters. The fourth-order valence-corrected chi connectivity index (χ4v) is 5.01. The molecule has 0 aliphatic carbocycles. The van der Waals surface area contributed by atoms with Gasteiger partial charge >= 0.3 is 5.97 Å². The van der Waals surface area contributed by atoms with Crippen molar-refractivity contribution in [3.63, 3.8) is 0 Å². The minimum Gasteiger partial charge on any atom is -0.477 e. The second kappa shape index (κ2) is 6.78. The van der Waals surface area contributed by atoms with Gasteiger partial charge in [0.1, 0.15) is 10.0 Å². The lowest BCUT2D eigenvalue weighted by Crippen LogP contribution is -2.63. The standard InChI is InChI=1S/C15H22N2O4S2/c1-5-16(6-2)15(22)23-12-7(3)10-9(8(4)18)13(19)17(10)11(12)14(20)21/h7-10,18H,5-6H2,1-4H3,(H,20,21)/t7-,8-,9-,10-/m1/s1. The van der Waals surface area contributed by atoms with E-state index >= 15 is 0 Å². The maximum atomic E-state index is 12.2. The molecular weight excluding hydrogens is 336 g/mol. The summed E-state index contributed by atoms with van der Waals surface area (Å²) >= 11 is 6.67. The van der Waals surface area contributed by atoms with E-state index in [2.05, 4.69) is 0 Å². The second-order valence-corrected chi connectivity index (χ2v) is 7.49. The third-order valence-electron chi connectivity index (χ3n) is 4.53. The van der Waals surface area contributed by atoms with E-state index < -0.39 is 18.0 Å². The molecule has 8 heteroatoms. The molecule has 1 saturated heterocycles. The molecule has 0 aromatic rings. The number of aliphatic hydroxyl groups is 1. The van der Waals surface area contributed by atoms with Crippen LogP contribution in [0, 0.1) is 11.8 Å². The van der Waals surface area contributed by atoms with E-state index in [4.69, 9.17) is 12.2 Å². The third-order valence-corrected chi connectivity index (χ3v) is 6.26. The number of carbonyl (C=O) groups excluding carboxylic acids is 1. The Morgan fingerprint density at radius 3 is 2.43 bits per heavy atom. The second-order valence-electron chi connectivity index (χ2n) is 5.81. The van der Waals surface area contributed by atoms with Gasteiger partial charge in [-0.25, -0.2) is 4.79 Å². The molecule has 0 unspecified atom stereocenters. The van der Waals surface area contributed by atoms with Crippen LogP contribution in [-0.2, 0) is 9.59 Å². The number of hydrogen-bond donors (Lipinski definition) is 2. The number of aliphatic carboxylic acids is 1. The van der Waals surface area contributed by atoms with Gasteiger partial charge in [-0.2, -0.15) is 0 Å². The molecule has 0 saturated carbocycles. The Labute approximate surface area is 145 Å². The quantitative estimate of drug-likeness (QED) is 0.569. The van der Waals surface area contributed by atoms with Crippen molar-refractivity contribution in [1.82, 2.24) is 9.80 Å². The summed E-state index contributed by atoms with van der Waals surface area (Å²) in [5, 5.41) is 19.4. The van der Waals surface area contributed by atoms with Crippen LogP contribution in [0.15, 0.2) is 10.6 Å². The Hall–Kier alpha value is -1.12. The van der Waals surface area contributed by atoms with E-state index in [9.17, 15) is 19.8 Å². The van der Waals surface area contributed by atoms with Gasteiger partial charge in [-0.3, -0.25) is 4.79 Å². The number of rotatable bonds is 5. The van der Waals surface area contributed by atoms with Crippen LogP contribution >= 0.6 is 24.0 Å². The fourth-order valence-electron chi connectivity index (χ4n) is 3.30. The van der Waals surface area contributed by atoms with Crippen molar-refractivity contribution in [3.05, 3.63) is 10.6 Å². The number of thiocarbonyl (C=S) groups is 1. The van der Waals surface area contributed by atoms with E-state index in [1.165, 1.54) is 16.7 Å². The predicted molar refractivity (Wildman–Crippen MR) is 92.7 cm³/mol. The highest BCUT2D eigenvalue weighted by Crippen LogP contribution is 2.50. The van der Waals surface area contributed by atoms with Gasteiger partial charge in [0, 0.05) is 23.9 Å². The molecule has 2 aliphatic heterocycles. The lowest BCUT2D eigenvalue weighted by molar-refractivity contribution is -0.163. The zero-order valence-corrected chi connectivity index (χ0v) is 15.3. The van der Waals surface area contributed by atoms with Crippen molar-refractivity contribution >= 4 is 40.2 Å². The zero-order valence-electron chi connectivity index (χ0n) is 13.6. The summed E-state index contributed by atoms with van der Waals surface area (Å²) in [5.41, 5.74) is 0.0175. The van der Waals surface area contributed by atoms with Gasteiger partial charge in [-0.15, -0.1) is 0 Å². The maximum absolute atomic E-state index is 12.2. The Morgan fingerprint density at radius 1 is 1.43 bits per heavy atom. The Bertz CT molecular complexity index is 572.